The third kappa shape index (κ3) is 4.83. The molecular weight excluding hydrogens is 395 g/mol. The molecule has 0 bridgehead atoms. The van der Waals surface area contributed by atoms with Gasteiger partial charge in [-0.25, -0.2) is 0 Å². The maximum absolute atomic E-state index is 6.12. The highest BCUT2D eigenvalue weighted by molar-refractivity contribution is 7.99. The predicted octanol–water partition coefficient (Wildman–Crippen LogP) is 5.92. The molecule has 2 unspecified atom stereocenters. The van der Waals surface area contributed by atoms with Gasteiger partial charge in [0.15, 0.2) is 0 Å². The number of halogens is 2. The topological polar surface area (TPSA) is 6.48 Å². The van der Waals surface area contributed by atoms with Crippen LogP contribution in [-0.2, 0) is 0 Å². The van der Waals surface area contributed by atoms with Gasteiger partial charge in [0.1, 0.15) is 0 Å². The lowest BCUT2D eigenvalue weighted by molar-refractivity contribution is 0.0991. The Morgan fingerprint density at radius 2 is 1.19 bits per heavy atom. The van der Waals surface area contributed by atoms with Crippen LogP contribution in [0.25, 0.3) is 0 Å². The van der Waals surface area contributed by atoms with Gasteiger partial charge in [0, 0.05) is 52.8 Å². The summed E-state index contributed by atoms with van der Waals surface area (Å²) in [6, 6.07) is 17.5. The minimum Gasteiger partial charge on any atom is -0.304 e. The summed E-state index contributed by atoms with van der Waals surface area (Å²) in [5.74, 6) is 0. The van der Waals surface area contributed by atoms with E-state index in [2.05, 4.69) is 52.9 Å². The van der Waals surface area contributed by atoms with Crippen LogP contribution in [0.3, 0.4) is 0 Å². The molecule has 27 heavy (non-hydrogen) atoms. The van der Waals surface area contributed by atoms with Gasteiger partial charge in [-0.05, 0) is 55.3 Å². The van der Waals surface area contributed by atoms with E-state index in [1.807, 2.05) is 24.3 Å². The SMILES string of the molecule is CN1CCN(C2CC(c3ccc(Cl)cc3)SC(c3ccc(Cl)cc3)C2)CC1. The first-order valence-electron chi connectivity index (χ1n) is 9.67. The van der Waals surface area contributed by atoms with Crippen LogP contribution in [0, 0.1) is 0 Å². The molecule has 2 heterocycles. The van der Waals surface area contributed by atoms with E-state index in [1.54, 1.807) is 0 Å². The van der Waals surface area contributed by atoms with Crippen molar-refractivity contribution in [3.63, 3.8) is 0 Å². The second-order valence-corrected chi connectivity index (χ2v) is 9.96. The van der Waals surface area contributed by atoms with Crippen molar-refractivity contribution in [3.8, 4) is 0 Å². The Kier molecular flexibility index (Phi) is 6.35. The first kappa shape index (κ1) is 19.6. The molecule has 0 radical (unpaired) electrons. The minimum absolute atomic E-state index is 0.501. The highest BCUT2D eigenvalue weighted by Crippen LogP contribution is 2.51. The number of rotatable bonds is 3. The summed E-state index contributed by atoms with van der Waals surface area (Å²) in [5.41, 5.74) is 2.78. The Morgan fingerprint density at radius 3 is 1.63 bits per heavy atom. The molecule has 0 saturated carbocycles. The Hall–Kier alpha value is -0.710. The maximum Gasteiger partial charge on any atom is 0.0406 e. The molecule has 0 N–H and O–H groups in total. The lowest BCUT2D eigenvalue weighted by Gasteiger charge is -2.44. The van der Waals surface area contributed by atoms with Crippen LogP contribution < -0.4 is 0 Å². The molecule has 2 aromatic rings. The second-order valence-electron chi connectivity index (χ2n) is 7.68. The van der Waals surface area contributed by atoms with Gasteiger partial charge in [-0.2, -0.15) is 0 Å². The number of likely N-dealkylation sites (N-methyl/N-ethyl adjacent to an activating group) is 1. The van der Waals surface area contributed by atoms with Crippen molar-refractivity contribution in [1.82, 2.24) is 9.80 Å². The molecule has 0 spiro atoms. The fraction of sp³-hybridized carbons (Fsp3) is 0.455. The van der Waals surface area contributed by atoms with Gasteiger partial charge in [-0.1, -0.05) is 47.5 Å². The number of piperazine rings is 1. The second kappa shape index (κ2) is 8.75. The van der Waals surface area contributed by atoms with Gasteiger partial charge in [0.05, 0.1) is 0 Å². The normalized spacial score (nSPS) is 27.6. The van der Waals surface area contributed by atoms with Crippen LogP contribution in [0.1, 0.15) is 34.5 Å². The van der Waals surface area contributed by atoms with E-state index in [1.165, 1.54) is 50.1 Å². The lowest BCUT2D eigenvalue weighted by Crippen LogP contribution is -2.50. The van der Waals surface area contributed by atoms with Crippen molar-refractivity contribution in [2.45, 2.75) is 29.4 Å². The number of thioether (sulfide) groups is 1. The quantitative estimate of drug-likeness (QED) is 0.608. The van der Waals surface area contributed by atoms with Crippen molar-refractivity contribution in [3.05, 3.63) is 69.7 Å². The van der Waals surface area contributed by atoms with Crippen LogP contribution in [-0.4, -0.2) is 49.1 Å². The number of nitrogens with zero attached hydrogens (tertiary/aromatic N) is 2. The summed E-state index contributed by atoms with van der Waals surface area (Å²) in [6.45, 7) is 4.68. The predicted molar refractivity (Wildman–Crippen MR) is 118 cm³/mol. The Balaban J connectivity index is 1.57. The molecule has 0 amide bonds. The molecule has 0 aliphatic carbocycles. The van der Waals surface area contributed by atoms with Crippen LogP contribution in [0.5, 0.6) is 0 Å². The summed E-state index contributed by atoms with van der Waals surface area (Å²) in [6.07, 6.45) is 2.42. The molecule has 144 valence electrons. The first-order valence-corrected chi connectivity index (χ1v) is 11.4. The van der Waals surface area contributed by atoms with E-state index in [4.69, 9.17) is 23.2 Å². The van der Waals surface area contributed by atoms with Crippen LogP contribution in [0.2, 0.25) is 10.0 Å². The van der Waals surface area contributed by atoms with E-state index >= 15 is 0 Å². The fourth-order valence-corrected chi connectivity index (χ4v) is 6.11. The Bertz CT molecular complexity index is 688. The summed E-state index contributed by atoms with van der Waals surface area (Å²) < 4.78 is 0. The summed E-state index contributed by atoms with van der Waals surface area (Å²) in [5, 5.41) is 2.62. The molecule has 4 rings (SSSR count). The lowest BCUT2D eigenvalue weighted by atomic mass is 9.95. The van der Waals surface area contributed by atoms with Crippen molar-refractivity contribution >= 4 is 35.0 Å². The van der Waals surface area contributed by atoms with Gasteiger partial charge in [0.25, 0.3) is 0 Å². The molecule has 2 aliphatic rings. The fourth-order valence-electron chi connectivity index (χ4n) is 4.17. The van der Waals surface area contributed by atoms with Crippen LogP contribution >= 0.6 is 35.0 Å². The standard InChI is InChI=1S/C22H26Cl2N2S/c1-25-10-12-26(13-11-25)20-14-21(16-2-6-18(23)7-3-16)27-22(15-20)17-4-8-19(24)9-5-17/h2-9,20-22H,10-15H2,1H3. The number of benzene rings is 2. The summed E-state index contributed by atoms with van der Waals surface area (Å²) in [7, 11) is 2.22. The van der Waals surface area contributed by atoms with Gasteiger partial charge >= 0.3 is 0 Å². The molecule has 2 nitrogen and oxygen atoms in total. The summed E-state index contributed by atoms with van der Waals surface area (Å²) >= 11 is 14.3. The van der Waals surface area contributed by atoms with Crippen LogP contribution in [0.4, 0.5) is 0 Å². The molecule has 2 saturated heterocycles. The Morgan fingerprint density at radius 1 is 0.741 bits per heavy atom. The molecular formula is C22H26Cl2N2S. The molecule has 2 atom stereocenters. The van der Waals surface area contributed by atoms with E-state index in [0.717, 1.165) is 10.0 Å². The van der Waals surface area contributed by atoms with Crippen LogP contribution in [0.15, 0.2) is 48.5 Å². The molecule has 5 heteroatoms. The highest BCUT2D eigenvalue weighted by atomic mass is 35.5. The third-order valence-corrected chi connectivity index (χ3v) is 7.93. The third-order valence-electron chi connectivity index (χ3n) is 5.84. The first-order chi connectivity index (χ1) is 13.1. The van der Waals surface area contributed by atoms with E-state index in [9.17, 15) is 0 Å². The number of hydrogen-bond acceptors (Lipinski definition) is 3. The summed E-state index contributed by atoms with van der Waals surface area (Å²) in [4.78, 5) is 5.15. The van der Waals surface area contributed by atoms with Gasteiger partial charge in [-0.3, -0.25) is 4.90 Å². The van der Waals surface area contributed by atoms with Crippen molar-refractivity contribution in [2.75, 3.05) is 33.2 Å². The van der Waals surface area contributed by atoms with E-state index in [0.29, 0.717) is 16.5 Å². The average Bonchev–Trinajstić information content (AvgIpc) is 2.69. The zero-order chi connectivity index (χ0) is 18.8. The number of hydrogen-bond donors (Lipinski definition) is 0. The zero-order valence-electron chi connectivity index (χ0n) is 15.7. The van der Waals surface area contributed by atoms with Crippen molar-refractivity contribution in [1.29, 1.82) is 0 Å². The van der Waals surface area contributed by atoms with Gasteiger partial charge < -0.3 is 4.90 Å². The average molecular weight is 421 g/mol. The molecule has 2 fully saturated rings. The monoisotopic (exact) mass is 420 g/mol. The highest BCUT2D eigenvalue weighted by Gasteiger charge is 2.35. The minimum atomic E-state index is 0.501. The van der Waals surface area contributed by atoms with E-state index in [-0.39, 0.29) is 0 Å². The smallest absolute Gasteiger partial charge is 0.0406 e. The molecule has 0 aromatic heterocycles. The maximum atomic E-state index is 6.12. The van der Waals surface area contributed by atoms with E-state index < -0.39 is 0 Å². The molecule has 2 aliphatic heterocycles. The largest absolute Gasteiger partial charge is 0.304 e. The van der Waals surface area contributed by atoms with Gasteiger partial charge in [0.2, 0.25) is 0 Å². The van der Waals surface area contributed by atoms with Crippen molar-refractivity contribution in [2.24, 2.45) is 0 Å². The van der Waals surface area contributed by atoms with Crippen molar-refractivity contribution < 1.29 is 0 Å². The Labute approximate surface area is 176 Å². The zero-order valence-corrected chi connectivity index (χ0v) is 18.0. The molecule has 2 aromatic carbocycles. The van der Waals surface area contributed by atoms with Gasteiger partial charge in [-0.15, -0.1) is 11.8 Å².